The lowest BCUT2D eigenvalue weighted by Gasteiger charge is -2.03. The van der Waals surface area contributed by atoms with Gasteiger partial charge in [0.25, 0.3) is 0 Å². The maximum absolute atomic E-state index is 6.16. The SMILES string of the molecule is Clc1ccccc1CCc1nc(Br)c2cccnn12. The summed E-state index contributed by atoms with van der Waals surface area (Å²) in [6.07, 6.45) is 3.41. The predicted octanol–water partition coefficient (Wildman–Crippen LogP) is 3.93. The summed E-state index contributed by atoms with van der Waals surface area (Å²) in [7, 11) is 0. The molecule has 1 aromatic carbocycles. The average molecular weight is 337 g/mol. The monoisotopic (exact) mass is 335 g/mol. The molecule has 3 aromatic rings. The number of imidazole rings is 1. The fourth-order valence-electron chi connectivity index (χ4n) is 2.06. The molecule has 3 rings (SSSR count). The Morgan fingerprint density at radius 2 is 1.95 bits per heavy atom. The molecule has 0 saturated heterocycles. The van der Waals surface area contributed by atoms with Crippen LogP contribution in [0.15, 0.2) is 47.2 Å². The zero-order chi connectivity index (χ0) is 13.2. The van der Waals surface area contributed by atoms with E-state index in [-0.39, 0.29) is 0 Å². The average Bonchev–Trinajstić information content (AvgIpc) is 2.75. The lowest BCUT2D eigenvalue weighted by atomic mass is 10.1. The van der Waals surface area contributed by atoms with Gasteiger partial charge in [-0.2, -0.15) is 5.10 Å². The molecule has 0 saturated carbocycles. The third-order valence-electron chi connectivity index (χ3n) is 3.01. The Morgan fingerprint density at radius 3 is 2.79 bits per heavy atom. The van der Waals surface area contributed by atoms with Crippen molar-refractivity contribution < 1.29 is 0 Å². The number of halogens is 2. The lowest BCUT2D eigenvalue weighted by molar-refractivity contribution is 0.788. The summed E-state index contributed by atoms with van der Waals surface area (Å²) in [4.78, 5) is 4.51. The van der Waals surface area contributed by atoms with Crippen LogP contribution < -0.4 is 0 Å². The van der Waals surface area contributed by atoms with Gasteiger partial charge in [0.15, 0.2) is 0 Å². The summed E-state index contributed by atoms with van der Waals surface area (Å²) in [5.74, 6) is 0.933. The van der Waals surface area contributed by atoms with Crippen LogP contribution in [0.1, 0.15) is 11.4 Å². The van der Waals surface area contributed by atoms with Gasteiger partial charge in [0.05, 0.1) is 5.52 Å². The van der Waals surface area contributed by atoms with E-state index in [4.69, 9.17) is 11.6 Å². The van der Waals surface area contributed by atoms with Gasteiger partial charge in [-0.3, -0.25) is 0 Å². The first-order chi connectivity index (χ1) is 9.25. The molecule has 19 heavy (non-hydrogen) atoms. The first-order valence-corrected chi connectivity index (χ1v) is 7.14. The molecule has 2 aromatic heterocycles. The highest BCUT2D eigenvalue weighted by Crippen LogP contribution is 2.20. The molecule has 0 bridgehead atoms. The molecule has 0 fully saturated rings. The van der Waals surface area contributed by atoms with E-state index < -0.39 is 0 Å². The number of fused-ring (bicyclic) bond motifs is 1. The smallest absolute Gasteiger partial charge is 0.134 e. The largest absolute Gasteiger partial charge is 0.224 e. The molecule has 0 amide bonds. The minimum Gasteiger partial charge on any atom is -0.224 e. The van der Waals surface area contributed by atoms with Crippen molar-refractivity contribution in [2.75, 3.05) is 0 Å². The van der Waals surface area contributed by atoms with Crippen LogP contribution in [0.2, 0.25) is 5.02 Å². The molecular formula is C14H11BrClN3. The molecule has 0 N–H and O–H groups in total. The molecule has 5 heteroatoms. The van der Waals surface area contributed by atoms with Crippen LogP contribution >= 0.6 is 27.5 Å². The van der Waals surface area contributed by atoms with Gasteiger partial charge in [0.2, 0.25) is 0 Å². The van der Waals surface area contributed by atoms with Crippen molar-refractivity contribution in [1.82, 2.24) is 14.6 Å². The van der Waals surface area contributed by atoms with E-state index in [1.165, 1.54) is 0 Å². The van der Waals surface area contributed by atoms with E-state index >= 15 is 0 Å². The molecular weight excluding hydrogens is 326 g/mol. The molecule has 0 unspecified atom stereocenters. The standard InChI is InChI=1S/C14H11BrClN3/c15-14-12-6-3-9-17-19(12)13(18-14)8-7-10-4-1-2-5-11(10)16/h1-6,9H,7-8H2. The van der Waals surface area contributed by atoms with Crippen LogP contribution in [0.5, 0.6) is 0 Å². The molecule has 0 aliphatic carbocycles. The van der Waals surface area contributed by atoms with Crippen LogP contribution in [-0.4, -0.2) is 14.6 Å². The molecule has 2 heterocycles. The lowest BCUT2D eigenvalue weighted by Crippen LogP contribution is -2.00. The minimum atomic E-state index is 0.799. The Bertz CT molecular complexity index is 724. The Balaban J connectivity index is 1.88. The van der Waals surface area contributed by atoms with Crippen LogP contribution in [0.4, 0.5) is 0 Å². The topological polar surface area (TPSA) is 30.2 Å². The van der Waals surface area contributed by atoms with Crippen molar-refractivity contribution in [2.24, 2.45) is 0 Å². The van der Waals surface area contributed by atoms with Gasteiger partial charge in [-0.15, -0.1) is 0 Å². The van der Waals surface area contributed by atoms with Crippen LogP contribution in [0.3, 0.4) is 0 Å². The highest BCUT2D eigenvalue weighted by Gasteiger charge is 2.10. The van der Waals surface area contributed by atoms with Gasteiger partial charge in [-0.1, -0.05) is 29.8 Å². The maximum Gasteiger partial charge on any atom is 0.134 e. The third-order valence-corrected chi connectivity index (χ3v) is 3.96. The minimum absolute atomic E-state index is 0.799. The van der Waals surface area contributed by atoms with E-state index in [9.17, 15) is 0 Å². The first-order valence-electron chi connectivity index (χ1n) is 5.97. The van der Waals surface area contributed by atoms with Gasteiger partial charge in [0, 0.05) is 17.6 Å². The van der Waals surface area contributed by atoms with Crippen molar-refractivity contribution >= 4 is 33.0 Å². The zero-order valence-corrected chi connectivity index (χ0v) is 12.4. The highest BCUT2D eigenvalue weighted by molar-refractivity contribution is 9.10. The maximum atomic E-state index is 6.16. The Labute approximate surface area is 124 Å². The summed E-state index contributed by atoms with van der Waals surface area (Å²) in [6, 6.07) is 11.8. The Hall–Kier alpha value is -1.39. The molecule has 0 aliphatic rings. The number of hydrogen-bond donors (Lipinski definition) is 0. The summed E-state index contributed by atoms with van der Waals surface area (Å²) in [6.45, 7) is 0. The molecule has 0 atom stereocenters. The second-order valence-corrected chi connectivity index (χ2v) is 5.39. The van der Waals surface area contributed by atoms with E-state index in [0.717, 1.165) is 39.4 Å². The second kappa shape index (κ2) is 5.31. The summed E-state index contributed by atoms with van der Waals surface area (Å²) >= 11 is 9.62. The predicted molar refractivity (Wildman–Crippen MR) is 79.5 cm³/mol. The molecule has 3 nitrogen and oxygen atoms in total. The fraction of sp³-hybridized carbons (Fsp3) is 0.143. The van der Waals surface area contributed by atoms with E-state index in [1.54, 1.807) is 6.20 Å². The number of aryl methyl sites for hydroxylation is 2. The quantitative estimate of drug-likeness (QED) is 0.725. The van der Waals surface area contributed by atoms with Crippen LogP contribution in [-0.2, 0) is 12.8 Å². The van der Waals surface area contributed by atoms with Gasteiger partial charge in [-0.05, 0) is 46.1 Å². The van der Waals surface area contributed by atoms with Gasteiger partial charge < -0.3 is 0 Å². The summed E-state index contributed by atoms with van der Waals surface area (Å²) in [5, 5.41) is 5.13. The van der Waals surface area contributed by atoms with Gasteiger partial charge in [0.1, 0.15) is 10.4 Å². The summed E-state index contributed by atoms with van der Waals surface area (Å²) < 4.78 is 2.69. The third kappa shape index (κ3) is 2.51. The van der Waals surface area contributed by atoms with Crippen molar-refractivity contribution in [2.45, 2.75) is 12.8 Å². The number of nitrogens with zero attached hydrogens (tertiary/aromatic N) is 3. The summed E-state index contributed by atoms with van der Waals surface area (Å²) in [5.41, 5.74) is 2.12. The molecule has 0 aliphatic heterocycles. The van der Waals surface area contributed by atoms with E-state index in [1.807, 2.05) is 40.9 Å². The highest BCUT2D eigenvalue weighted by atomic mass is 79.9. The molecule has 0 radical (unpaired) electrons. The van der Waals surface area contributed by atoms with Gasteiger partial charge >= 0.3 is 0 Å². The first kappa shape index (κ1) is 12.6. The number of benzene rings is 1. The molecule has 96 valence electrons. The number of aromatic nitrogens is 3. The van der Waals surface area contributed by atoms with Crippen molar-refractivity contribution in [3.8, 4) is 0 Å². The van der Waals surface area contributed by atoms with Gasteiger partial charge in [-0.25, -0.2) is 9.50 Å². The molecule has 0 spiro atoms. The van der Waals surface area contributed by atoms with Crippen LogP contribution in [0.25, 0.3) is 5.52 Å². The second-order valence-electron chi connectivity index (χ2n) is 4.23. The van der Waals surface area contributed by atoms with Crippen molar-refractivity contribution in [3.05, 3.63) is 63.6 Å². The van der Waals surface area contributed by atoms with E-state index in [0.29, 0.717) is 0 Å². The normalized spacial score (nSPS) is 11.1. The van der Waals surface area contributed by atoms with E-state index in [2.05, 4.69) is 26.0 Å². The van der Waals surface area contributed by atoms with Crippen LogP contribution in [0, 0.1) is 0 Å². The Kier molecular flexibility index (Phi) is 3.53. The van der Waals surface area contributed by atoms with Crippen molar-refractivity contribution in [3.63, 3.8) is 0 Å². The number of rotatable bonds is 3. The fourth-order valence-corrected chi connectivity index (χ4v) is 2.80. The Morgan fingerprint density at radius 1 is 1.11 bits per heavy atom. The zero-order valence-electron chi connectivity index (χ0n) is 10.1. The number of hydrogen-bond acceptors (Lipinski definition) is 2. The van der Waals surface area contributed by atoms with Crippen molar-refractivity contribution in [1.29, 1.82) is 0 Å².